The van der Waals surface area contributed by atoms with Crippen molar-refractivity contribution in [3.63, 3.8) is 0 Å². The molecule has 0 aliphatic rings. The number of benzene rings is 2. The molecular weight excluding hydrogens is 391 g/mol. The van der Waals surface area contributed by atoms with Crippen LogP contribution in [0.25, 0.3) is 10.8 Å². The van der Waals surface area contributed by atoms with Gasteiger partial charge in [0.25, 0.3) is 0 Å². The van der Waals surface area contributed by atoms with Gasteiger partial charge in [-0.05, 0) is 28.5 Å². The van der Waals surface area contributed by atoms with E-state index >= 15 is 0 Å². The average molecular weight is 412 g/mol. The minimum Gasteiger partial charge on any atom is -0.467 e. The molecule has 0 fully saturated rings. The molecular formula is C21H21N2O5P. The third-order valence-corrected chi connectivity index (χ3v) is 6.40. The van der Waals surface area contributed by atoms with Gasteiger partial charge in [0.15, 0.2) is 0 Å². The third-order valence-electron chi connectivity index (χ3n) is 4.62. The van der Waals surface area contributed by atoms with Crippen molar-refractivity contribution < 1.29 is 22.4 Å². The summed E-state index contributed by atoms with van der Waals surface area (Å²) in [6.07, 6.45) is 2.02. The molecule has 0 unspecified atom stereocenters. The largest absolute Gasteiger partial charge is 0.467 e. The number of hydrogen-bond donors (Lipinski definition) is 1. The van der Waals surface area contributed by atoms with E-state index in [4.69, 9.17) is 17.9 Å². The highest BCUT2D eigenvalue weighted by atomic mass is 31.2. The van der Waals surface area contributed by atoms with Crippen molar-refractivity contribution >= 4 is 29.7 Å². The molecule has 0 saturated heterocycles. The molecule has 29 heavy (non-hydrogen) atoms. The fraction of sp³-hybridized carbons (Fsp3) is 0.190. The van der Waals surface area contributed by atoms with Gasteiger partial charge in [-0.25, -0.2) is 4.98 Å². The van der Waals surface area contributed by atoms with Gasteiger partial charge in [-0.2, -0.15) is 0 Å². The molecule has 1 N–H and O–H groups in total. The second-order valence-electron chi connectivity index (χ2n) is 6.37. The molecule has 0 spiro atoms. The number of oxazole rings is 1. The summed E-state index contributed by atoms with van der Waals surface area (Å²) in [4.78, 5) is 4.45. The number of fused-ring (bicyclic) bond motifs is 1. The fourth-order valence-corrected chi connectivity index (χ4v) is 4.27. The molecule has 2 heterocycles. The van der Waals surface area contributed by atoms with Gasteiger partial charge in [0.1, 0.15) is 5.76 Å². The van der Waals surface area contributed by atoms with E-state index in [1.807, 2.05) is 30.3 Å². The lowest BCUT2D eigenvalue weighted by Gasteiger charge is -2.11. The maximum Gasteiger partial charge on any atom is 0.384 e. The average Bonchev–Trinajstić information content (AvgIpc) is 3.42. The molecule has 4 aromatic rings. The van der Waals surface area contributed by atoms with Gasteiger partial charge in [-0.1, -0.05) is 42.5 Å². The van der Waals surface area contributed by atoms with Crippen LogP contribution in [-0.2, 0) is 26.6 Å². The maximum absolute atomic E-state index is 13.0. The van der Waals surface area contributed by atoms with Crippen molar-refractivity contribution in [3.05, 3.63) is 78.1 Å². The van der Waals surface area contributed by atoms with Crippen LogP contribution in [0.4, 0.5) is 5.88 Å². The molecule has 150 valence electrons. The number of furan rings is 1. The van der Waals surface area contributed by atoms with Crippen LogP contribution in [0.15, 0.2) is 69.7 Å². The highest BCUT2D eigenvalue weighted by molar-refractivity contribution is 7.62. The van der Waals surface area contributed by atoms with Crippen molar-refractivity contribution in [3.8, 4) is 0 Å². The lowest BCUT2D eigenvalue weighted by molar-refractivity contribution is 0.286. The summed E-state index contributed by atoms with van der Waals surface area (Å²) < 4.78 is 34.5. The molecule has 0 bridgehead atoms. The Morgan fingerprint density at radius 2 is 1.83 bits per heavy atom. The van der Waals surface area contributed by atoms with Crippen LogP contribution >= 0.6 is 7.60 Å². The van der Waals surface area contributed by atoms with Crippen LogP contribution in [0.3, 0.4) is 0 Å². The van der Waals surface area contributed by atoms with Crippen LogP contribution in [-0.4, -0.2) is 19.2 Å². The number of rotatable bonds is 8. The van der Waals surface area contributed by atoms with Crippen molar-refractivity contribution in [2.75, 3.05) is 19.5 Å². The lowest BCUT2D eigenvalue weighted by atomic mass is 10.0. The Hall–Kier alpha value is -2.86. The zero-order chi connectivity index (χ0) is 20.3. The van der Waals surface area contributed by atoms with Crippen molar-refractivity contribution in [2.24, 2.45) is 0 Å². The van der Waals surface area contributed by atoms with E-state index in [0.29, 0.717) is 24.6 Å². The number of nitrogens with zero attached hydrogens (tertiary/aromatic N) is 1. The van der Waals surface area contributed by atoms with E-state index in [1.165, 1.54) is 14.2 Å². The van der Waals surface area contributed by atoms with E-state index in [-0.39, 0.29) is 11.3 Å². The van der Waals surface area contributed by atoms with Gasteiger partial charge >= 0.3 is 7.60 Å². The van der Waals surface area contributed by atoms with Gasteiger partial charge in [0.05, 0.1) is 19.2 Å². The lowest BCUT2D eigenvalue weighted by Crippen LogP contribution is -2.15. The summed E-state index contributed by atoms with van der Waals surface area (Å²) >= 11 is 0. The molecule has 0 radical (unpaired) electrons. The standard InChI is InChI=1S/C21H21N2O5P/c1-25-29(24,26-2)21-20(22-14-17-10-6-12-27-17)28-19(23-21)13-16-9-5-8-15-7-3-4-11-18(15)16/h3-12,22H,13-14H2,1-2H3. The van der Waals surface area contributed by atoms with Gasteiger partial charge in [-0.15, -0.1) is 0 Å². The smallest absolute Gasteiger partial charge is 0.384 e. The summed E-state index contributed by atoms with van der Waals surface area (Å²) in [5.41, 5.74) is 1.17. The monoisotopic (exact) mass is 412 g/mol. The molecule has 0 amide bonds. The number of anilines is 1. The van der Waals surface area contributed by atoms with Crippen molar-refractivity contribution in [2.45, 2.75) is 13.0 Å². The number of hydrogen-bond acceptors (Lipinski definition) is 7. The summed E-state index contributed by atoms with van der Waals surface area (Å²) in [6.45, 7) is 0.344. The van der Waals surface area contributed by atoms with Crippen LogP contribution < -0.4 is 10.8 Å². The van der Waals surface area contributed by atoms with E-state index < -0.39 is 7.60 Å². The van der Waals surface area contributed by atoms with Crippen molar-refractivity contribution in [1.29, 1.82) is 0 Å². The Morgan fingerprint density at radius 1 is 1.03 bits per heavy atom. The maximum atomic E-state index is 13.0. The van der Waals surface area contributed by atoms with E-state index in [1.54, 1.807) is 12.3 Å². The van der Waals surface area contributed by atoms with E-state index in [9.17, 15) is 4.57 Å². The predicted octanol–water partition coefficient (Wildman–Crippen LogP) is 4.73. The first-order valence-electron chi connectivity index (χ1n) is 9.07. The molecule has 4 rings (SSSR count). The normalized spacial score (nSPS) is 11.8. The molecule has 2 aromatic heterocycles. The van der Waals surface area contributed by atoms with Crippen LogP contribution in [0.5, 0.6) is 0 Å². The van der Waals surface area contributed by atoms with Gasteiger partial charge in [0, 0.05) is 14.2 Å². The van der Waals surface area contributed by atoms with Gasteiger partial charge in [0.2, 0.25) is 17.2 Å². The highest BCUT2D eigenvalue weighted by Crippen LogP contribution is 2.47. The molecule has 0 aliphatic carbocycles. The van der Waals surface area contributed by atoms with Gasteiger partial charge in [-0.3, -0.25) is 4.57 Å². The Bertz CT molecular complexity index is 1140. The molecule has 0 atom stereocenters. The number of nitrogens with one attached hydrogen (secondary N) is 1. The topological polar surface area (TPSA) is 86.7 Å². The summed E-state index contributed by atoms with van der Waals surface area (Å²) in [5.74, 6) is 1.35. The first-order chi connectivity index (χ1) is 14.1. The SMILES string of the molecule is COP(=O)(OC)c1nc(Cc2cccc3ccccc23)oc1NCc1ccco1. The van der Waals surface area contributed by atoms with E-state index in [0.717, 1.165) is 16.3 Å². The minimum atomic E-state index is -3.61. The molecule has 2 aromatic carbocycles. The molecule has 7 nitrogen and oxygen atoms in total. The predicted molar refractivity (Wildman–Crippen MR) is 111 cm³/mol. The Morgan fingerprint density at radius 3 is 2.59 bits per heavy atom. The number of aromatic nitrogens is 1. The third kappa shape index (κ3) is 3.98. The first kappa shape index (κ1) is 19.5. The molecule has 8 heteroatoms. The summed E-state index contributed by atoms with van der Waals surface area (Å²) in [5, 5.41) is 5.32. The zero-order valence-corrected chi connectivity index (χ0v) is 17.0. The minimum absolute atomic E-state index is 0.115. The van der Waals surface area contributed by atoms with E-state index in [2.05, 4.69) is 28.5 Å². The van der Waals surface area contributed by atoms with Crippen LogP contribution in [0.2, 0.25) is 0 Å². The Kier molecular flexibility index (Phi) is 5.53. The van der Waals surface area contributed by atoms with Crippen LogP contribution in [0, 0.1) is 0 Å². The fourth-order valence-electron chi connectivity index (χ4n) is 3.17. The zero-order valence-electron chi connectivity index (χ0n) is 16.1. The van der Waals surface area contributed by atoms with Gasteiger partial charge < -0.3 is 23.2 Å². The Labute approximate surface area is 168 Å². The molecule has 0 aliphatic heterocycles. The second kappa shape index (κ2) is 8.25. The van der Waals surface area contributed by atoms with Crippen molar-refractivity contribution in [1.82, 2.24) is 4.98 Å². The summed E-state index contributed by atoms with van der Waals surface area (Å²) in [7, 11) is -0.969. The second-order valence-corrected chi connectivity index (χ2v) is 8.52. The quantitative estimate of drug-likeness (QED) is 0.419. The summed E-state index contributed by atoms with van der Waals surface area (Å²) in [6, 6.07) is 17.8. The highest BCUT2D eigenvalue weighted by Gasteiger charge is 2.34. The first-order valence-corrected chi connectivity index (χ1v) is 10.6. The molecule has 0 saturated carbocycles. The Balaban J connectivity index is 1.69. The van der Waals surface area contributed by atoms with Crippen LogP contribution in [0.1, 0.15) is 17.2 Å².